The van der Waals surface area contributed by atoms with Crippen LogP contribution in [0, 0.1) is 0 Å². The maximum Gasteiger partial charge on any atom is 0.242 e. The third kappa shape index (κ3) is 4.19. The van der Waals surface area contributed by atoms with Crippen molar-refractivity contribution in [2.24, 2.45) is 0 Å². The number of hydrogen-bond donors (Lipinski definition) is 0. The summed E-state index contributed by atoms with van der Waals surface area (Å²) >= 11 is 0. The molecular formula is C18H20N2O2. The van der Waals surface area contributed by atoms with Crippen LogP contribution in [0.3, 0.4) is 0 Å². The quantitative estimate of drug-likeness (QED) is 0.851. The van der Waals surface area contributed by atoms with E-state index in [0.717, 1.165) is 11.3 Å². The van der Waals surface area contributed by atoms with Crippen molar-refractivity contribution in [2.45, 2.75) is 13.5 Å². The Balaban J connectivity index is 2.04. The van der Waals surface area contributed by atoms with Crippen LogP contribution in [0.2, 0.25) is 0 Å². The Morgan fingerprint density at radius 2 is 1.45 bits per heavy atom. The Bertz CT molecular complexity index is 626. The molecule has 0 aliphatic heterocycles. The first kappa shape index (κ1) is 15.8. The molecule has 0 saturated carbocycles. The minimum absolute atomic E-state index is 0.0443. The van der Waals surface area contributed by atoms with E-state index in [0.29, 0.717) is 6.54 Å². The van der Waals surface area contributed by atoms with Gasteiger partial charge in [0.2, 0.25) is 11.8 Å². The zero-order valence-corrected chi connectivity index (χ0v) is 12.9. The molecule has 0 heterocycles. The van der Waals surface area contributed by atoms with E-state index in [1.807, 2.05) is 60.7 Å². The van der Waals surface area contributed by atoms with Crippen molar-refractivity contribution >= 4 is 17.5 Å². The highest BCUT2D eigenvalue weighted by molar-refractivity contribution is 5.97. The average molecular weight is 296 g/mol. The fourth-order valence-corrected chi connectivity index (χ4v) is 2.19. The fourth-order valence-electron chi connectivity index (χ4n) is 2.19. The Kier molecular flexibility index (Phi) is 5.31. The maximum absolute atomic E-state index is 12.4. The van der Waals surface area contributed by atoms with Gasteiger partial charge in [-0.05, 0) is 17.7 Å². The Hall–Kier alpha value is -2.62. The molecule has 0 fully saturated rings. The van der Waals surface area contributed by atoms with Crippen molar-refractivity contribution in [3.63, 3.8) is 0 Å². The molecule has 2 aromatic carbocycles. The van der Waals surface area contributed by atoms with Crippen LogP contribution in [0.5, 0.6) is 0 Å². The lowest BCUT2D eigenvalue weighted by molar-refractivity contribution is -0.130. The van der Waals surface area contributed by atoms with Crippen LogP contribution >= 0.6 is 0 Å². The summed E-state index contributed by atoms with van der Waals surface area (Å²) in [5.74, 6) is -0.240. The summed E-state index contributed by atoms with van der Waals surface area (Å²) in [5.41, 5.74) is 1.80. The van der Waals surface area contributed by atoms with E-state index < -0.39 is 0 Å². The van der Waals surface area contributed by atoms with Gasteiger partial charge < -0.3 is 9.80 Å². The van der Waals surface area contributed by atoms with Gasteiger partial charge in [-0.15, -0.1) is 0 Å². The molecule has 4 heteroatoms. The number of likely N-dealkylation sites (N-methyl/N-ethyl adjacent to an activating group) is 1. The summed E-state index contributed by atoms with van der Waals surface area (Å²) in [6.07, 6.45) is 0. The minimum atomic E-state index is -0.146. The molecule has 0 saturated heterocycles. The number of benzene rings is 2. The molecule has 2 aromatic rings. The molecule has 114 valence electrons. The van der Waals surface area contributed by atoms with Gasteiger partial charge in [0, 0.05) is 26.2 Å². The third-order valence-corrected chi connectivity index (χ3v) is 3.43. The number of para-hydroxylation sites is 1. The monoisotopic (exact) mass is 296 g/mol. The number of anilines is 1. The second-order valence-electron chi connectivity index (χ2n) is 5.18. The first-order chi connectivity index (χ1) is 10.6. The molecule has 0 bridgehead atoms. The van der Waals surface area contributed by atoms with E-state index in [4.69, 9.17) is 0 Å². The van der Waals surface area contributed by atoms with Crippen LogP contribution in [-0.2, 0) is 16.1 Å². The summed E-state index contributed by atoms with van der Waals surface area (Å²) in [6, 6.07) is 19.0. The molecule has 0 aliphatic carbocycles. The maximum atomic E-state index is 12.4. The highest BCUT2D eigenvalue weighted by atomic mass is 16.2. The molecule has 0 aromatic heterocycles. The largest absolute Gasteiger partial charge is 0.340 e. The van der Waals surface area contributed by atoms with Gasteiger partial charge >= 0.3 is 0 Å². The van der Waals surface area contributed by atoms with E-state index >= 15 is 0 Å². The predicted molar refractivity (Wildman–Crippen MR) is 87.4 cm³/mol. The normalized spacial score (nSPS) is 10.1. The summed E-state index contributed by atoms with van der Waals surface area (Å²) in [5, 5.41) is 0. The van der Waals surface area contributed by atoms with Crippen molar-refractivity contribution in [2.75, 3.05) is 18.5 Å². The van der Waals surface area contributed by atoms with Crippen molar-refractivity contribution < 1.29 is 9.59 Å². The van der Waals surface area contributed by atoms with E-state index in [2.05, 4.69) is 0 Å². The van der Waals surface area contributed by atoms with Crippen LogP contribution in [0.1, 0.15) is 12.5 Å². The predicted octanol–water partition coefficient (Wildman–Crippen LogP) is 2.70. The number of carbonyl (C=O) groups is 2. The molecule has 2 rings (SSSR count). The lowest BCUT2D eigenvalue weighted by Gasteiger charge is -2.24. The molecule has 0 spiro atoms. The van der Waals surface area contributed by atoms with Crippen molar-refractivity contribution in [1.82, 2.24) is 4.90 Å². The van der Waals surface area contributed by atoms with Gasteiger partial charge in [0.1, 0.15) is 6.54 Å². The number of rotatable bonds is 5. The second-order valence-corrected chi connectivity index (χ2v) is 5.18. The molecule has 0 atom stereocenters. The van der Waals surface area contributed by atoms with Crippen LogP contribution in [0.4, 0.5) is 5.69 Å². The van der Waals surface area contributed by atoms with Crippen molar-refractivity contribution in [3.8, 4) is 0 Å². The standard InChI is InChI=1S/C18H20N2O2/c1-15(21)20(17-11-7-4-8-12-17)14-18(22)19(2)13-16-9-5-3-6-10-16/h3-12H,13-14H2,1-2H3. The molecule has 2 amide bonds. The number of amides is 2. The third-order valence-electron chi connectivity index (χ3n) is 3.43. The molecule has 22 heavy (non-hydrogen) atoms. The lowest BCUT2D eigenvalue weighted by atomic mass is 10.2. The van der Waals surface area contributed by atoms with Crippen molar-refractivity contribution in [1.29, 1.82) is 0 Å². The lowest BCUT2D eigenvalue weighted by Crippen LogP contribution is -2.40. The smallest absolute Gasteiger partial charge is 0.242 e. The van der Waals surface area contributed by atoms with Crippen LogP contribution in [-0.4, -0.2) is 30.3 Å². The topological polar surface area (TPSA) is 40.6 Å². The zero-order valence-electron chi connectivity index (χ0n) is 12.9. The van der Waals surface area contributed by atoms with Crippen molar-refractivity contribution in [3.05, 3.63) is 66.2 Å². The second kappa shape index (κ2) is 7.41. The van der Waals surface area contributed by atoms with Gasteiger partial charge in [-0.2, -0.15) is 0 Å². The Morgan fingerprint density at radius 1 is 0.909 bits per heavy atom. The molecule has 0 aliphatic rings. The van der Waals surface area contributed by atoms with E-state index in [1.54, 1.807) is 11.9 Å². The summed E-state index contributed by atoms with van der Waals surface area (Å²) in [6.45, 7) is 2.04. The van der Waals surface area contributed by atoms with Crippen LogP contribution < -0.4 is 4.90 Å². The van der Waals surface area contributed by atoms with Gasteiger partial charge in [0.05, 0.1) is 0 Å². The minimum Gasteiger partial charge on any atom is -0.340 e. The first-order valence-corrected chi connectivity index (χ1v) is 7.19. The van der Waals surface area contributed by atoms with Gasteiger partial charge in [0.15, 0.2) is 0 Å². The van der Waals surface area contributed by atoms with Gasteiger partial charge in [-0.1, -0.05) is 48.5 Å². The average Bonchev–Trinajstić information content (AvgIpc) is 2.53. The summed E-state index contributed by atoms with van der Waals surface area (Å²) in [7, 11) is 1.75. The summed E-state index contributed by atoms with van der Waals surface area (Å²) in [4.78, 5) is 27.3. The SMILES string of the molecule is CC(=O)N(CC(=O)N(C)Cc1ccccc1)c1ccccc1. The Morgan fingerprint density at radius 3 is 2.00 bits per heavy atom. The molecule has 0 N–H and O–H groups in total. The highest BCUT2D eigenvalue weighted by Crippen LogP contribution is 2.14. The van der Waals surface area contributed by atoms with Crippen LogP contribution in [0.25, 0.3) is 0 Å². The van der Waals surface area contributed by atoms with Gasteiger partial charge in [-0.3, -0.25) is 9.59 Å². The fraction of sp³-hybridized carbons (Fsp3) is 0.222. The number of nitrogens with zero attached hydrogens (tertiary/aromatic N) is 2. The summed E-state index contributed by atoms with van der Waals surface area (Å²) < 4.78 is 0. The zero-order chi connectivity index (χ0) is 15.9. The molecule has 4 nitrogen and oxygen atoms in total. The molecule has 0 radical (unpaired) electrons. The Labute approximate surface area is 131 Å². The van der Waals surface area contributed by atoms with Gasteiger partial charge in [-0.25, -0.2) is 0 Å². The number of carbonyl (C=O) groups excluding carboxylic acids is 2. The van der Waals surface area contributed by atoms with Gasteiger partial charge in [0.25, 0.3) is 0 Å². The van der Waals surface area contributed by atoms with E-state index in [9.17, 15) is 9.59 Å². The molecule has 0 unspecified atom stereocenters. The van der Waals surface area contributed by atoms with E-state index in [1.165, 1.54) is 11.8 Å². The molecular weight excluding hydrogens is 276 g/mol. The highest BCUT2D eigenvalue weighted by Gasteiger charge is 2.18. The van der Waals surface area contributed by atoms with E-state index in [-0.39, 0.29) is 18.4 Å². The number of hydrogen-bond acceptors (Lipinski definition) is 2. The van der Waals surface area contributed by atoms with Crippen LogP contribution in [0.15, 0.2) is 60.7 Å². The first-order valence-electron chi connectivity index (χ1n) is 7.19.